The normalized spacial score (nSPS) is 20.4. The Morgan fingerprint density at radius 3 is 2.60 bits per heavy atom. The Hall–Kier alpha value is -1.37. The average Bonchev–Trinajstić information content (AvgIpc) is 3.06. The van der Waals surface area contributed by atoms with Gasteiger partial charge in [-0.2, -0.15) is 0 Å². The summed E-state index contributed by atoms with van der Waals surface area (Å²) < 4.78 is 0. The third-order valence-corrected chi connectivity index (χ3v) is 5.70. The molecule has 0 heterocycles. The molecule has 0 N–H and O–H groups in total. The van der Waals surface area contributed by atoms with Crippen molar-refractivity contribution in [2.24, 2.45) is 11.8 Å². The molecule has 1 saturated carbocycles. The maximum Gasteiger partial charge on any atom is 0.129 e. The molecule has 0 spiro atoms. The van der Waals surface area contributed by atoms with Gasteiger partial charge in [0, 0.05) is 6.42 Å². The molecule has 1 aromatic carbocycles. The maximum atomic E-state index is 10.9. The molecule has 0 unspecified atom stereocenters. The fourth-order valence-electron chi connectivity index (χ4n) is 4.22. The molecule has 2 atom stereocenters. The molecular weight excluding hydrogens is 304 g/mol. The van der Waals surface area contributed by atoms with E-state index in [4.69, 9.17) is 0 Å². The SMILES string of the molecule is CC(=O)CCC/C=C\C[C@H]1CCC[C@@H]1CCCCCc1ccccc1. The van der Waals surface area contributed by atoms with E-state index in [-0.39, 0.29) is 0 Å². The van der Waals surface area contributed by atoms with Crippen LogP contribution in [0.2, 0.25) is 0 Å². The molecule has 1 aliphatic carbocycles. The van der Waals surface area contributed by atoms with Gasteiger partial charge in [0.1, 0.15) is 5.78 Å². The van der Waals surface area contributed by atoms with Gasteiger partial charge in [-0.15, -0.1) is 0 Å². The van der Waals surface area contributed by atoms with Crippen LogP contribution in [0, 0.1) is 11.8 Å². The standard InChI is InChI=1S/C24H36O/c1-21(25)13-6-2-3-10-17-23-19-12-20-24(23)18-11-5-9-16-22-14-7-4-8-15-22/h3-4,7-8,10,14-15,23-24H,2,5-6,9,11-13,16-20H2,1H3/b10-3-/t23-,24-/m0/s1. The van der Waals surface area contributed by atoms with Gasteiger partial charge in [-0.05, 0) is 62.8 Å². The second-order valence-electron chi connectivity index (χ2n) is 7.84. The van der Waals surface area contributed by atoms with Crippen LogP contribution < -0.4 is 0 Å². The van der Waals surface area contributed by atoms with Crippen molar-refractivity contribution in [2.45, 2.75) is 84.0 Å². The van der Waals surface area contributed by atoms with Crippen LogP contribution in [0.15, 0.2) is 42.5 Å². The second kappa shape index (κ2) is 12.1. The largest absolute Gasteiger partial charge is 0.300 e. The number of hydrogen-bond donors (Lipinski definition) is 0. The first-order valence-electron chi connectivity index (χ1n) is 10.4. The zero-order valence-electron chi connectivity index (χ0n) is 16.1. The van der Waals surface area contributed by atoms with Crippen LogP contribution in [0.25, 0.3) is 0 Å². The Labute approximate surface area is 154 Å². The van der Waals surface area contributed by atoms with Crippen LogP contribution in [0.4, 0.5) is 0 Å². The van der Waals surface area contributed by atoms with Gasteiger partial charge in [-0.3, -0.25) is 0 Å². The van der Waals surface area contributed by atoms with Crippen molar-refractivity contribution >= 4 is 5.78 Å². The molecule has 0 aliphatic heterocycles. The molecule has 25 heavy (non-hydrogen) atoms. The lowest BCUT2D eigenvalue weighted by molar-refractivity contribution is -0.117. The minimum atomic E-state index is 0.316. The lowest BCUT2D eigenvalue weighted by Crippen LogP contribution is -2.07. The summed E-state index contributed by atoms with van der Waals surface area (Å²) in [6, 6.07) is 10.9. The Morgan fingerprint density at radius 1 is 1.00 bits per heavy atom. The van der Waals surface area contributed by atoms with Crippen molar-refractivity contribution in [3.05, 3.63) is 48.0 Å². The first-order valence-corrected chi connectivity index (χ1v) is 10.4. The number of unbranched alkanes of at least 4 members (excludes halogenated alkanes) is 3. The van der Waals surface area contributed by atoms with Crippen molar-refractivity contribution in [2.75, 3.05) is 0 Å². The van der Waals surface area contributed by atoms with Crippen molar-refractivity contribution in [1.29, 1.82) is 0 Å². The summed E-state index contributed by atoms with van der Waals surface area (Å²) in [5, 5.41) is 0. The number of aryl methyl sites for hydroxylation is 1. The molecule has 1 nitrogen and oxygen atoms in total. The van der Waals surface area contributed by atoms with E-state index in [0.29, 0.717) is 5.78 Å². The van der Waals surface area contributed by atoms with Gasteiger partial charge in [0.2, 0.25) is 0 Å². The molecule has 1 aliphatic rings. The number of benzene rings is 1. The molecule has 1 aromatic rings. The number of Topliss-reactive ketones (excluding diaryl/α,β-unsaturated/α-hetero) is 1. The topological polar surface area (TPSA) is 17.1 Å². The first-order chi connectivity index (χ1) is 12.3. The summed E-state index contributed by atoms with van der Waals surface area (Å²) in [5.74, 6) is 2.19. The van der Waals surface area contributed by atoms with Gasteiger partial charge in [-0.1, -0.05) is 74.6 Å². The van der Waals surface area contributed by atoms with Crippen LogP contribution in [0.3, 0.4) is 0 Å². The molecular formula is C24H36O. The van der Waals surface area contributed by atoms with Crippen molar-refractivity contribution in [3.63, 3.8) is 0 Å². The molecule has 2 rings (SSSR count). The molecule has 0 aromatic heterocycles. The van der Waals surface area contributed by atoms with Crippen LogP contribution in [0.1, 0.15) is 83.1 Å². The highest BCUT2D eigenvalue weighted by atomic mass is 16.1. The highest BCUT2D eigenvalue weighted by Gasteiger charge is 2.25. The Bertz CT molecular complexity index is 502. The Balaban J connectivity index is 1.54. The van der Waals surface area contributed by atoms with Gasteiger partial charge in [-0.25, -0.2) is 0 Å². The van der Waals surface area contributed by atoms with Gasteiger partial charge < -0.3 is 4.79 Å². The highest BCUT2D eigenvalue weighted by Crippen LogP contribution is 2.37. The Kier molecular flexibility index (Phi) is 9.62. The Morgan fingerprint density at radius 2 is 1.80 bits per heavy atom. The van der Waals surface area contributed by atoms with Gasteiger partial charge in [0.15, 0.2) is 0 Å². The minimum absolute atomic E-state index is 0.316. The van der Waals surface area contributed by atoms with E-state index >= 15 is 0 Å². The molecule has 0 bridgehead atoms. The van der Waals surface area contributed by atoms with Crippen LogP contribution in [0.5, 0.6) is 0 Å². The van der Waals surface area contributed by atoms with Gasteiger partial charge in [0.25, 0.3) is 0 Å². The van der Waals surface area contributed by atoms with E-state index in [2.05, 4.69) is 42.5 Å². The third kappa shape index (κ3) is 8.52. The van der Waals surface area contributed by atoms with E-state index in [1.165, 1.54) is 63.4 Å². The quantitative estimate of drug-likeness (QED) is 0.298. The van der Waals surface area contributed by atoms with E-state index in [9.17, 15) is 4.79 Å². The van der Waals surface area contributed by atoms with E-state index < -0.39 is 0 Å². The number of hydrogen-bond acceptors (Lipinski definition) is 1. The molecule has 0 saturated heterocycles. The molecule has 1 fully saturated rings. The lowest BCUT2D eigenvalue weighted by Gasteiger charge is -2.18. The van der Waals surface area contributed by atoms with Crippen molar-refractivity contribution in [1.82, 2.24) is 0 Å². The summed E-state index contributed by atoms with van der Waals surface area (Å²) in [4.78, 5) is 10.9. The average molecular weight is 341 g/mol. The summed E-state index contributed by atoms with van der Waals surface area (Å²) in [6.45, 7) is 1.69. The molecule has 0 amide bonds. The number of ketones is 1. The van der Waals surface area contributed by atoms with Crippen LogP contribution in [-0.2, 0) is 11.2 Å². The number of carbonyl (C=O) groups excluding carboxylic acids is 1. The molecule has 138 valence electrons. The second-order valence-corrected chi connectivity index (χ2v) is 7.84. The van der Waals surface area contributed by atoms with Crippen LogP contribution >= 0.6 is 0 Å². The third-order valence-electron chi connectivity index (χ3n) is 5.70. The lowest BCUT2D eigenvalue weighted by atomic mass is 9.88. The summed E-state index contributed by atoms with van der Waals surface area (Å²) in [5.41, 5.74) is 1.48. The number of carbonyl (C=O) groups is 1. The van der Waals surface area contributed by atoms with Crippen LogP contribution in [-0.4, -0.2) is 5.78 Å². The first kappa shape index (κ1) is 19.9. The molecule has 1 heteroatoms. The predicted molar refractivity (Wildman–Crippen MR) is 108 cm³/mol. The van der Waals surface area contributed by atoms with E-state index in [0.717, 1.165) is 31.1 Å². The summed E-state index contributed by atoms with van der Waals surface area (Å²) in [6.07, 6.45) is 19.8. The minimum Gasteiger partial charge on any atom is -0.300 e. The fraction of sp³-hybridized carbons (Fsp3) is 0.625. The van der Waals surface area contributed by atoms with Crippen molar-refractivity contribution < 1.29 is 4.79 Å². The number of allylic oxidation sites excluding steroid dienone is 2. The summed E-state index contributed by atoms with van der Waals surface area (Å²) >= 11 is 0. The monoisotopic (exact) mass is 340 g/mol. The van der Waals surface area contributed by atoms with Gasteiger partial charge in [0.05, 0.1) is 0 Å². The number of rotatable bonds is 12. The fourth-order valence-corrected chi connectivity index (χ4v) is 4.22. The maximum absolute atomic E-state index is 10.9. The smallest absolute Gasteiger partial charge is 0.129 e. The zero-order chi connectivity index (χ0) is 17.7. The highest BCUT2D eigenvalue weighted by molar-refractivity contribution is 5.75. The van der Waals surface area contributed by atoms with E-state index in [1.807, 2.05) is 0 Å². The molecule has 0 radical (unpaired) electrons. The predicted octanol–water partition coefficient (Wildman–Crippen LogP) is 6.91. The van der Waals surface area contributed by atoms with Gasteiger partial charge >= 0.3 is 0 Å². The van der Waals surface area contributed by atoms with Crippen molar-refractivity contribution in [3.8, 4) is 0 Å². The summed E-state index contributed by atoms with van der Waals surface area (Å²) in [7, 11) is 0. The zero-order valence-corrected chi connectivity index (χ0v) is 16.1. The van der Waals surface area contributed by atoms with E-state index in [1.54, 1.807) is 6.92 Å².